The second kappa shape index (κ2) is 5.87. The molecule has 0 fully saturated rings. The summed E-state index contributed by atoms with van der Waals surface area (Å²) in [5.41, 5.74) is 4.84. The van der Waals surface area contributed by atoms with Crippen LogP contribution in [0.1, 0.15) is 25.8 Å². The lowest BCUT2D eigenvalue weighted by atomic mass is 9.96. The third kappa shape index (κ3) is 3.92. The molecule has 3 N–H and O–H groups in total. The molecule has 0 bridgehead atoms. The van der Waals surface area contributed by atoms with E-state index in [9.17, 15) is 14.9 Å². The number of nitro groups is 1. The van der Waals surface area contributed by atoms with Crippen molar-refractivity contribution in [1.29, 1.82) is 0 Å². The second-order valence-corrected chi connectivity index (χ2v) is 5.08. The second-order valence-electron chi connectivity index (χ2n) is 5.08. The Morgan fingerprint density at radius 3 is 2.70 bits per heavy atom. The van der Waals surface area contributed by atoms with E-state index >= 15 is 0 Å². The first-order valence-corrected chi connectivity index (χ1v) is 6.07. The van der Waals surface area contributed by atoms with E-state index in [1.54, 1.807) is 26.0 Å². The molecule has 0 aromatic heterocycles. The number of carbonyl (C=O) groups is 1. The molecule has 0 heterocycles. The number of hydrogen-bond donors (Lipinski definition) is 2. The van der Waals surface area contributed by atoms with Gasteiger partial charge in [0.1, 0.15) is 5.54 Å². The van der Waals surface area contributed by atoms with Gasteiger partial charge in [0, 0.05) is 12.5 Å². The van der Waals surface area contributed by atoms with Gasteiger partial charge in [0.05, 0.1) is 11.0 Å². The smallest absolute Gasteiger partial charge is 0.323 e. The largest absolute Gasteiger partial charge is 0.484 e. The normalized spacial score (nSPS) is 15.2. The van der Waals surface area contributed by atoms with Gasteiger partial charge in [0.2, 0.25) is 0 Å². The molecule has 0 radical (unpaired) electrons. The summed E-state index contributed by atoms with van der Waals surface area (Å²) in [6.07, 6.45) is -0.533. The molecule has 0 spiro atoms. The van der Waals surface area contributed by atoms with Gasteiger partial charge in [-0.15, -0.1) is 0 Å². The fourth-order valence-corrected chi connectivity index (χ4v) is 1.81. The van der Waals surface area contributed by atoms with Crippen molar-refractivity contribution < 1.29 is 19.6 Å². The predicted molar refractivity (Wildman–Crippen MR) is 72.8 cm³/mol. The molecule has 110 valence electrons. The highest BCUT2D eigenvalue weighted by molar-refractivity contribution is 5.77. The molecule has 0 saturated carbocycles. The average molecular weight is 282 g/mol. The van der Waals surface area contributed by atoms with Crippen molar-refractivity contribution in [3.63, 3.8) is 0 Å². The third-order valence-corrected chi connectivity index (χ3v) is 2.84. The Balaban J connectivity index is 2.90. The molecular formula is C13H18N2O5. The van der Waals surface area contributed by atoms with Crippen LogP contribution in [0.2, 0.25) is 0 Å². The van der Waals surface area contributed by atoms with Crippen molar-refractivity contribution in [2.75, 3.05) is 0 Å². The quantitative estimate of drug-likeness (QED) is 0.607. The zero-order chi connectivity index (χ0) is 15.5. The molecule has 0 aliphatic heterocycles. The van der Waals surface area contributed by atoms with Gasteiger partial charge in [-0.3, -0.25) is 14.9 Å². The number of aliphatic carboxylic acids is 1. The van der Waals surface area contributed by atoms with Gasteiger partial charge in [-0.05, 0) is 32.4 Å². The molecule has 20 heavy (non-hydrogen) atoms. The van der Waals surface area contributed by atoms with Crippen molar-refractivity contribution in [3.8, 4) is 5.75 Å². The van der Waals surface area contributed by atoms with Crippen LogP contribution in [-0.4, -0.2) is 27.6 Å². The van der Waals surface area contributed by atoms with Crippen molar-refractivity contribution >= 4 is 11.7 Å². The van der Waals surface area contributed by atoms with Gasteiger partial charge >= 0.3 is 11.7 Å². The summed E-state index contributed by atoms with van der Waals surface area (Å²) in [7, 11) is 0. The zero-order valence-electron chi connectivity index (χ0n) is 11.6. The maximum Gasteiger partial charge on any atom is 0.323 e. The number of nitro benzene ring substituents is 1. The van der Waals surface area contributed by atoms with E-state index in [1.165, 1.54) is 13.0 Å². The standard InChI is InChI=1S/C13H18N2O5/c1-8-4-5-10(15(18)19)11(6-8)20-9(2)7-13(3,14)12(16)17/h4-6,9H,7,14H2,1-3H3,(H,16,17). The molecule has 0 aliphatic carbocycles. The van der Waals surface area contributed by atoms with Crippen molar-refractivity contribution in [3.05, 3.63) is 33.9 Å². The van der Waals surface area contributed by atoms with Crippen molar-refractivity contribution in [2.45, 2.75) is 38.8 Å². The van der Waals surface area contributed by atoms with Gasteiger partial charge in [0.25, 0.3) is 0 Å². The minimum atomic E-state index is -1.45. The van der Waals surface area contributed by atoms with E-state index in [2.05, 4.69) is 0 Å². The van der Waals surface area contributed by atoms with Gasteiger partial charge in [-0.2, -0.15) is 0 Å². The monoisotopic (exact) mass is 282 g/mol. The van der Waals surface area contributed by atoms with Crippen molar-refractivity contribution in [2.24, 2.45) is 5.73 Å². The summed E-state index contributed by atoms with van der Waals surface area (Å²) in [6, 6.07) is 4.51. The summed E-state index contributed by atoms with van der Waals surface area (Å²) in [4.78, 5) is 21.3. The minimum Gasteiger partial charge on any atom is -0.484 e. The molecule has 1 rings (SSSR count). The van der Waals surface area contributed by atoms with E-state index in [-0.39, 0.29) is 17.9 Å². The maximum absolute atomic E-state index is 10.9. The number of aryl methyl sites for hydroxylation is 1. The molecule has 2 unspecified atom stereocenters. The van der Waals surface area contributed by atoms with Crippen LogP contribution in [0, 0.1) is 17.0 Å². The number of rotatable bonds is 6. The van der Waals surface area contributed by atoms with E-state index in [0.29, 0.717) is 0 Å². The molecule has 7 nitrogen and oxygen atoms in total. The minimum absolute atomic E-state index is 0.0351. The van der Waals surface area contributed by atoms with Crippen LogP contribution >= 0.6 is 0 Å². The number of benzene rings is 1. The molecule has 7 heteroatoms. The fraction of sp³-hybridized carbons (Fsp3) is 0.462. The summed E-state index contributed by atoms with van der Waals surface area (Å²) < 4.78 is 5.49. The number of carboxylic acids is 1. The third-order valence-electron chi connectivity index (χ3n) is 2.84. The maximum atomic E-state index is 10.9. The first kappa shape index (κ1) is 15.9. The topological polar surface area (TPSA) is 116 Å². The average Bonchev–Trinajstić information content (AvgIpc) is 2.27. The van der Waals surface area contributed by atoms with Crippen LogP contribution in [0.15, 0.2) is 18.2 Å². The lowest BCUT2D eigenvalue weighted by Crippen LogP contribution is -2.47. The molecule has 0 aliphatic rings. The number of nitrogens with two attached hydrogens (primary N) is 1. The number of nitrogens with zero attached hydrogens (tertiary/aromatic N) is 1. The predicted octanol–water partition coefficient (Wildman–Crippen LogP) is 1.86. The summed E-state index contributed by atoms with van der Waals surface area (Å²) >= 11 is 0. The van der Waals surface area contributed by atoms with E-state index < -0.39 is 22.5 Å². The summed E-state index contributed by atoms with van der Waals surface area (Å²) in [5, 5.41) is 19.9. The molecule has 0 amide bonds. The SMILES string of the molecule is Cc1ccc([N+](=O)[O-])c(OC(C)CC(C)(N)C(=O)O)c1. The van der Waals surface area contributed by atoms with E-state index in [0.717, 1.165) is 5.56 Å². The van der Waals surface area contributed by atoms with Crippen LogP contribution in [0.5, 0.6) is 5.75 Å². The molecule has 1 aromatic rings. The molecule has 0 saturated heterocycles. The number of carboxylic acid groups (broad SMARTS) is 1. The first-order chi connectivity index (χ1) is 9.13. The highest BCUT2D eigenvalue weighted by atomic mass is 16.6. The van der Waals surface area contributed by atoms with Gasteiger partial charge < -0.3 is 15.6 Å². The Hall–Kier alpha value is -2.15. The van der Waals surface area contributed by atoms with Gasteiger partial charge in [-0.25, -0.2) is 0 Å². The lowest BCUT2D eigenvalue weighted by molar-refractivity contribution is -0.386. The summed E-state index contributed by atoms with van der Waals surface area (Å²) in [5.74, 6) is -1.03. The zero-order valence-corrected chi connectivity index (χ0v) is 11.6. The highest BCUT2D eigenvalue weighted by Gasteiger charge is 2.31. The van der Waals surface area contributed by atoms with E-state index in [4.69, 9.17) is 15.6 Å². The Morgan fingerprint density at radius 2 is 2.20 bits per heavy atom. The van der Waals surface area contributed by atoms with Crippen LogP contribution in [0.25, 0.3) is 0 Å². The van der Waals surface area contributed by atoms with Crippen molar-refractivity contribution in [1.82, 2.24) is 0 Å². The molecular weight excluding hydrogens is 264 g/mol. The number of hydrogen-bond acceptors (Lipinski definition) is 5. The van der Waals surface area contributed by atoms with Crippen LogP contribution in [-0.2, 0) is 4.79 Å². The van der Waals surface area contributed by atoms with Gasteiger partial charge in [0.15, 0.2) is 5.75 Å². The highest BCUT2D eigenvalue weighted by Crippen LogP contribution is 2.29. The van der Waals surface area contributed by atoms with Crippen LogP contribution in [0.4, 0.5) is 5.69 Å². The molecule has 2 atom stereocenters. The Morgan fingerprint density at radius 1 is 1.60 bits per heavy atom. The van der Waals surface area contributed by atoms with Crippen LogP contribution < -0.4 is 10.5 Å². The Kier molecular flexibility index (Phi) is 4.67. The van der Waals surface area contributed by atoms with Crippen LogP contribution in [0.3, 0.4) is 0 Å². The molecule has 1 aromatic carbocycles. The number of ether oxygens (including phenoxy) is 1. The fourth-order valence-electron chi connectivity index (χ4n) is 1.81. The lowest BCUT2D eigenvalue weighted by Gasteiger charge is -2.24. The summed E-state index contributed by atoms with van der Waals surface area (Å²) in [6.45, 7) is 4.78. The Bertz CT molecular complexity index is 527. The Labute approximate surface area is 116 Å². The van der Waals surface area contributed by atoms with Gasteiger partial charge in [-0.1, -0.05) is 6.07 Å². The first-order valence-electron chi connectivity index (χ1n) is 6.07. The van der Waals surface area contributed by atoms with E-state index in [1.807, 2.05) is 0 Å².